The maximum Gasteiger partial charge on any atom is 0.273 e. The van der Waals surface area contributed by atoms with Crippen LogP contribution in [0.3, 0.4) is 0 Å². The number of hydrogen-bond donors (Lipinski definition) is 1. The molecule has 0 saturated carbocycles. The van der Waals surface area contributed by atoms with Crippen LogP contribution in [0.15, 0.2) is 54.6 Å². The first-order valence-electron chi connectivity index (χ1n) is 6.62. The van der Waals surface area contributed by atoms with Gasteiger partial charge in [-0.15, -0.1) is 0 Å². The Morgan fingerprint density at radius 2 is 1.80 bits per heavy atom. The van der Waals surface area contributed by atoms with Gasteiger partial charge in [-0.25, -0.2) is 4.98 Å². The van der Waals surface area contributed by atoms with E-state index in [0.717, 1.165) is 22.9 Å². The largest absolute Gasteiger partial charge is 0.273 e. The number of halogens is 1. The maximum absolute atomic E-state index is 5.89. The molecule has 0 bridgehead atoms. The van der Waals surface area contributed by atoms with Gasteiger partial charge in [0.15, 0.2) is 0 Å². The van der Waals surface area contributed by atoms with Crippen molar-refractivity contribution in [2.45, 2.75) is 13.5 Å². The Morgan fingerprint density at radius 1 is 1.05 bits per heavy atom. The first-order chi connectivity index (χ1) is 9.72. The van der Waals surface area contributed by atoms with E-state index in [0.29, 0.717) is 0 Å². The summed E-state index contributed by atoms with van der Waals surface area (Å²) >= 11 is 5.89. The summed E-state index contributed by atoms with van der Waals surface area (Å²) in [6.45, 7) is 2.90. The number of fused-ring (bicyclic) bond motifs is 1. The number of H-pyrrole nitrogens is 1. The number of aromatic nitrogens is 1. The highest BCUT2D eigenvalue weighted by molar-refractivity contribution is 6.30. The van der Waals surface area contributed by atoms with E-state index in [1.54, 1.807) is 0 Å². The smallest absolute Gasteiger partial charge is 0.270 e. The molecule has 0 atom stereocenters. The number of aryl methyl sites for hydroxylation is 1. The van der Waals surface area contributed by atoms with Crippen LogP contribution in [0.1, 0.15) is 11.1 Å². The maximum atomic E-state index is 5.89. The van der Waals surface area contributed by atoms with Crippen molar-refractivity contribution in [3.05, 3.63) is 70.7 Å². The van der Waals surface area contributed by atoms with E-state index in [4.69, 9.17) is 11.6 Å². The van der Waals surface area contributed by atoms with Crippen molar-refractivity contribution in [3.63, 3.8) is 0 Å². The molecule has 2 N–H and O–H groups in total. The van der Waals surface area contributed by atoms with Crippen LogP contribution in [-0.2, 0) is 6.54 Å². The Kier molecular flexibility index (Phi) is 3.57. The van der Waals surface area contributed by atoms with Gasteiger partial charge in [-0.05, 0) is 36.2 Å². The van der Waals surface area contributed by atoms with Gasteiger partial charge >= 0.3 is 0 Å². The van der Waals surface area contributed by atoms with Gasteiger partial charge in [0, 0.05) is 16.5 Å². The highest BCUT2D eigenvalue weighted by Gasteiger charge is 2.07. The van der Waals surface area contributed by atoms with E-state index < -0.39 is 0 Å². The van der Waals surface area contributed by atoms with E-state index in [9.17, 15) is 0 Å². The zero-order valence-electron chi connectivity index (χ0n) is 11.3. The van der Waals surface area contributed by atoms with Gasteiger partial charge in [0.2, 0.25) is 0 Å². The second kappa shape index (κ2) is 5.51. The predicted molar refractivity (Wildman–Crippen MR) is 84.0 cm³/mol. The van der Waals surface area contributed by atoms with Gasteiger partial charge in [0.1, 0.15) is 12.1 Å². The van der Waals surface area contributed by atoms with Crippen LogP contribution in [0.25, 0.3) is 10.9 Å². The molecule has 0 fully saturated rings. The summed E-state index contributed by atoms with van der Waals surface area (Å²) in [5.41, 5.74) is 3.61. The SMILES string of the molecule is Cc1cc(NCc2ccc(Cl)cc2)[nH+]c2ccccc12. The normalized spacial score (nSPS) is 10.7. The molecule has 20 heavy (non-hydrogen) atoms. The molecule has 0 radical (unpaired) electrons. The molecule has 100 valence electrons. The lowest BCUT2D eigenvalue weighted by atomic mass is 10.1. The van der Waals surface area contributed by atoms with Gasteiger partial charge in [-0.1, -0.05) is 41.9 Å². The minimum atomic E-state index is 0.766. The van der Waals surface area contributed by atoms with E-state index in [1.807, 2.05) is 30.3 Å². The van der Waals surface area contributed by atoms with Crippen molar-refractivity contribution >= 4 is 28.3 Å². The Hall–Kier alpha value is -2.06. The van der Waals surface area contributed by atoms with Gasteiger partial charge < -0.3 is 0 Å². The fourth-order valence-electron chi connectivity index (χ4n) is 2.31. The van der Waals surface area contributed by atoms with Crippen molar-refractivity contribution in [3.8, 4) is 0 Å². The first-order valence-corrected chi connectivity index (χ1v) is 7.00. The summed E-state index contributed by atoms with van der Waals surface area (Å²) in [6, 6.07) is 18.3. The van der Waals surface area contributed by atoms with Gasteiger partial charge in [-0.2, -0.15) is 0 Å². The summed E-state index contributed by atoms with van der Waals surface area (Å²) in [6.07, 6.45) is 0. The number of para-hydroxylation sites is 1. The molecule has 2 nitrogen and oxygen atoms in total. The molecule has 0 unspecified atom stereocenters. The van der Waals surface area contributed by atoms with Gasteiger partial charge in [0.25, 0.3) is 5.82 Å². The van der Waals surface area contributed by atoms with Crippen LogP contribution >= 0.6 is 11.6 Å². The monoisotopic (exact) mass is 283 g/mol. The van der Waals surface area contributed by atoms with Crippen LogP contribution in [-0.4, -0.2) is 0 Å². The second-order valence-electron chi connectivity index (χ2n) is 4.89. The summed E-state index contributed by atoms with van der Waals surface area (Å²) in [4.78, 5) is 3.41. The van der Waals surface area contributed by atoms with Crippen LogP contribution in [0.2, 0.25) is 5.02 Å². The second-order valence-corrected chi connectivity index (χ2v) is 5.33. The molecule has 1 heterocycles. The Bertz CT molecular complexity index is 736. The Morgan fingerprint density at radius 3 is 2.60 bits per heavy atom. The lowest BCUT2D eigenvalue weighted by Gasteiger charge is -2.04. The van der Waals surface area contributed by atoms with E-state index in [-0.39, 0.29) is 0 Å². The molecule has 0 aliphatic carbocycles. The average Bonchev–Trinajstić information content (AvgIpc) is 2.47. The average molecular weight is 284 g/mol. The first kappa shape index (κ1) is 12.9. The summed E-state index contributed by atoms with van der Waals surface area (Å²) < 4.78 is 0. The number of benzene rings is 2. The number of hydrogen-bond acceptors (Lipinski definition) is 1. The molecule has 0 saturated heterocycles. The number of anilines is 1. The number of nitrogens with one attached hydrogen (secondary N) is 2. The lowest BCUT2D eigenvalue weighted by molar-refractivity contribution is -0.327. The number of rotatable bonds is 3. The molecule has 0 aliphatic heterocycles. The van der Waals surface area contributed by atoms with Crippen molar-refractivity contribution in [2.75, 3.05) is 5.32 Å². The third kappa shape index (κ3) is 2.75. The van der Waals surface area contributed by atoms with Crippen LogP contribution in [0.4, 0.5) is 5.82 Å². The molecule has 1 aromatic heterocycles. The lowest BCUT2D eigenvalue weighted by Crippen LogP contribution is -2.14. The topological polar surface area (TPSA) is 26.2 Å². The standard InChI is InChI=1S/C17H15ClN2/c1-12-10-17(20-16-5-3-2-4-15(12)16)19-11-13-6-8-14(18)9-7-13/h2-10H,11H2,1H3,(H,19,20)/p+1. The highest BCUT2D eigenvalue weighted by Crippen LogP contribution is 2.17. The van der Waals surface area contributed by atoms with Crippen molar-refractivity contribution in [2.24, 2.45) is 0 Å². The molecule has 3 heteroatoms. The van der Waals surface area contributed by atoms with E-state index >= 15 is 0 Å². The molecule has 0 aliphatic rings. The Balaban J connectivity index is 1.82. The molecule has 3 rings (SSSR count). The zero-order valence-corrected chi connectivity index (χ0v) is 12.0. The molecule has 0 spiro atoms. The molecular formula is C17H16ClN2+. The van der Waals surface area contributed by atoms with E-state index in [2.05, 4.69) is 41.5 Å². The summed E-state index contributed by atoms with van der Waals surface area (Å²) in [5.74, 6) is 1.02. The van der Waals surface area contributed by atoms with Gasteiger partial charge in [-0.3, -0.25) is 5.32 Å². The fourth-order valence-corrected chi connectivity index (χ4v) is 2.43. The minimum Gasteiger partial charge on any atom is -0.270 e. The minimum absolute atomic E-state index is 0.766. The highest BCUT2D eigenvalue weighted by atomic mass is 35.5. The summed E-state index contributed by atoms with van der Waals surface area (Å²) in [7, 11) is 0. The van der Waals surface area contributed by atoms with Crippen LogP contribution in [0, 0.1) is 6.92 Å². The van der Waals surface area contributed by atoms with Crippen molar-refractivity contribution in [1.29, 1.82) is 0 Å². The van der Waals surface area contributed by atoms with E-state index in [1.165, 1.54) is 16.5 Å². The molecule has 2 aromatic carbocycles. The molecule has 0 amide bonds. The van der Waals surface area contributed by atoms with Crippen molar-refractivity contribution < 1.29 is 4.98 Å². The summed E-state index contributed by atoms with van der Waals surface area (Å²) in [5, 5.41) is 5.43. The van der Waals surface area contributed by atoms with Crippen LogP contribution in [0.5, 0.6) is 0 Å². The van der Waals surface area contributed by atoms with Gasteiger partial charge in [0.05, 0.1) is 0 Å². The quantitative estimate of drug-likeness (QED) is 0.765. The third-order valence-corrected chi connectivity index (χ3v) is 3.63. The number of aromatic amines is 1. The molecule has 3 aromatic rings. The number of pyridine rings is 1. The predicted octanol–water partition coefficient (Wildman–Crippen LogP) is 4.23. The Labute approximate surface area is 123 Å². The third-order valence-electron chi connectivity index (χ3n) is 3.38. The van der Waals surface area contributed by atoms with Crippen LogP contribution < -0.4 is 10.3 Å². The fraction of sp³-hybridized carbons (Fsp3) is 0.118. The zero-order chi connectivity index (χ0) is 13.9. The molecular weight excluding hydrogens is 268 g/mol. The van der Waals surface area contributed by atoms with Crippen molar-refractivity contribution in [1.82, 2.24) is 0 Å².